The van der Waals surface area contributed by atoms with E-state index in [0.29, 0.717) is 11.4 Å². The number of aromatic nitrogens is 2. The van der Waals surface area contributed by atoms with Crippen LogP contribution in [0.25, 0.3) is 11.0 Å². The number of anilines is 1. The number of hydrogen-bond donors (Lipinski definition) is 1. The molecular formula is C21H17N3O. The van der Waals surface area contributed by atoms with Gasteiger partial charge in [-0.1, -0.05) is 60.2 Å². The number of para-hydroxylation sites is 2. The number of carbonyl (C=O) groups is 1. The molecule has 0 saturated heterocycles. The first-order chi connectivity index (χ1) is 12.2. The molecule has 4 rings (SSSR count). The molecule has 1 heterocycles. The molecule has 0 spiro atoms. The molecule has 0 radical (unpaired) electrons. The number of ketones is 1. The predicted octanol–water partition coefficient (Wildman–Crippen LogP) is 4.45. The second kappa shape index (κ2) is 6.24. The van der Waals surface area contributed by atoms with Gasteiger partial charge in [0.2, 0.25) is 11.6 Å². The number of imidazole rings is 1. The van der Waals surface area contributed by atoms with Gasteiger partial charge in [-0.2, -0.15) is 0 Å². The van der Waals surface area contributed by atoms with Crippen molar-refractivity contribution in [1.82, 2.24) is 9.66 Å². The van der Waals surface area contributed by atoms with E-state index in [0.717, 1.165) is 16.7 Å². The Kier molecular flexibility index (Phi) is 3.78. The summed E-state index contributed by atoms with van der Waals surface area (Å²) in [5.74, 6) is 0.254. The van der Waals surface area contributed by atoms with Crippen LogP contribution in [-0.4, -0.2) is 15.4 Å². The summed E-state index contributed by atoms with van der Waals surface area (Å²) >= 11 is 0. The van der Waals surface area contributed by atoms with Crippen LogP contribution in [0.3, 0.4) is 0 Å². The van der Waals surface area contributed by atoms with Gasteiger partial charge in [0.1, 0.15) is 0 Å². The number of hydrogen-bond acceptors (Lipinski definition) is 3. The Morgan fingerprint density at radius 2 is 1.56 bits per heavy atom. The Morgan fingerprint density at radius 1 is 0.880 bits per heavy atom. The minimum absolute atomic E-state index is 0.114. The number of aryl methyl sites for hydroxylation is 1. The number of nitrogens with one attached hydrogen (secondary N) is 1. The van der Waals surface area contributed by atoms with Gasteiger partial charge < -0.3 is 0 Å². The summed E-state index contributed by atoms with van der Waals surface area (Å²) in [7, 11) is 0. The van der Waals surface area contributed by atoms with Gasteiger partial charge in [-0.3, -0.25) is 10.2 Å². The zero-order valence-corrected chi connectivity index (χ0v) is 13.8. The molecule has 4 heteroatoms. The first-order valence-electron chi connectivity index (χ1n) is 8.13. The molecule has 0 fully saturated rings. The molecule has 0 aliphatic heterocycles. The lowest BCUT2D eigenvalue weighted by molar-refractivity contribution is 0.102. The number of rotatable bonds is 4. The highest BCUT2D eigenvalue weighted by atomic mass is 16.1. The minimum atomic E-state index is -0.114. The number of nitrogens with zero attached hydrogens (tertiary/aromatic N) is 2. The van der Waals surface area contributed by atoms with Gasteiger partial charge in [-0.05, 0) is 31.2 Å². The third-order valence-electron chi connectivity index (χ3n) is 4.09. The predicted molar refractivity (Wildman–Crippen MR) is 99.8 cm³/mol. The average Bonchev–Trinajstić information content (AvgIpc) is 3.02. The maximum absolute atomic E-state index is 13.0. The Balaban J connectivity index is 1.83. The lowest BCUT2D eigenvalue weighted by Crippen LogP contribution is -2.17. The Bertz CT molecular complexity index is 1030. The molecule has 122 valence electrons. The molecule has 25 heavy (non-hydrogen) atoms. The third-order valence-corrected chi connectivity index (χ3v) is 4.09. The van der Waals surface area contributed by atoms with Crippen molar-refractivity contribution in [2.45, 2.75) is 6.92 Å². The quantitative estimate of drug-likeness (QED) is 0.563. The molecule has 1 N–H and O–H groups in total. The zero-order chi connectivity index (χ0) is 17.2. The van der Waals surface area contributed by atoms with Gasteiger partial charge in [0.15, 0.2) is 0 Å². The van der Waals surface area contributed by atoms with E-state index in [2.05, 4.69) is 10.4 Å². The summed E-state index contributed by atoms with van der Waals surface area (Å²) in [6.07, 6.45) is 0. The smallest absolute Gasteiger partial charge is 0.230 e. The topological polar surface area (TPSA) is 46.9 Å². The van der Waals surface area contributed by atoms with Crippen LogP contribution < -0.4 is 5.43 Å². The van der Waals surface area contributed by atoms with Crippen molar-refractivity contribution in [3.05, 3.63) is 95.8 Å². The van der Waals surface area contributed by atoms with Crippen molar-refractivity contribution in [3.8, 4) is 0 Å². The highest BCUT2D eigenvalue weighted by Gasteiger charge is 2.19. The maximum Gasteiger partial charge on any atom is 0.230 e. The van der Waals surface area contributed by atoms with Crippen LogP contribution in [0.1, 0.15) is 21.7 Å². The van der Waals surface area contributed by atoms with Gasteiger partial charge in [-0.25, -0.2) is 9.66 Å². The number of benzene rings is 3. The number of fused-ring (bicyclic) bond motifs is 1. The van der Waals surface area contributed by atoms with E-state index in [4.69, 9.17) is 0 Å². The third kappa shape index (κ3) is 2.90. The molecule has 4 aromatic rings. The maximum atomic E-state index is 13.0. The van der Waals surface area contributed by atoms with E-state index in [-0.39, 0.29) is 5.78 Å². The fourth-order valence-corrected chi connectivity index (χ4v) is 2.77. The van der Waals surface area contributed by atoms with E-state index in [1.54, 1.807) is 16.8 Å². The molecule has 0 aliphatic carbocycles. The molecule has 0 saturated carbocycles. The molecule has 3 aromatic carbocycles. The molecule has 0 amide bonds. The van der Waals surface area contributed by atoms with Crippen molar-refractivity contribution in [2.75, 3.05) is 5.43 Å². The summed E-state index contributed by atoms with van der Waals surface area (Å²) < 4.78 is 1.76. The van der Waals surface area contributed by atoms with Crippen LogP contribution in [-0.2, 0) is 0 Å². The van der Waals surface area contributed by atoms with E-state index >= 15 is 0 Å². The van der Waals surface area contributed by atoms with Crippen molar-refractivity contribution >= 4 is 22.5 Å². The van der Waals surface area contributed by atoms with Gasteiger partial charge in [0.25, 0.3) is 0 Å². The van der Waals surface area contributed by atoms with E-state index in [1.165, 1.54) is 5.56 Å². The standard InChI is InChI=1S/C21H17N3O/c1-15-11-13-17(14-12-15)23-24-19-10-6-5-9-18(19)22-21(24)20(25)16-7-3-2-4-8-16/h2-14,23H,1H3. The van der Waals surface area contributed by atoms with E-state index in [1.807, 2.05) is 73.7 Å². The lowest BCUT2D eigenvalue weighted by atomic mass is 10.1. The van der Waals surface area contributed by atoms with Crippen LogP contribution in [0.15, 0.2) is 78.9 Å². The molecular weight excluding hydrogens is 310 g/mol. The van der Waals surface area contributed by atoms with Gasteiger partial charge in [0, 0.05) is 5.56 Å². The Morgan fingerprint density at radius 3 is 2.32 bits per heavy atom. The first-order valence-corrected chi connectivity index (χ1v) is 8.13. The first kappa shape index (κ1) is 15.1. The van der Waals surface area contributed by atoms with Gasteiger partial charge >= 0.3 is 0 Å². The second-order valence-corrected chi connectivity index (χ2v) is 5.93. The van der Waals surface area contributed by atoms with E-state index in [9.17, 15) is 4.79 Å². The Hall–Kier alpha value is -3.40. The van der Waals surface area contributed by atoms with Crippen LogP contribution in [0.4, 0.5) is 5.69 Å². The summed E-state index contributed by atoms with van der Waals surface area (Å²) in [6, 6.07) is 25.0. The number of carbonyl (C=O) groups excluding carboxylic acids is 1. The second-order valence-electron chi connectivity index (χ2n) is 5.93. The van der Waals surface area contributed by atoms with Gasteiger partial charge in [-0.15, -0.1) is 0 Å². The summed E-state index contributed by atoms with van der Waals surface area (Å²) in [5.41, 5.74) is 7.65. The monoisotopic (exact) mass is 327 g/mol. The van der Waals surface area contributed by atoms with Crippen molar-refractivity contribution in [3.63, 3.8) is 0 Å². The fourth-order valence-electron chi connectivity index (χ4n) is 2.77. The molecule has 4 nitrogen and oxygen atoms in total. The van der Waals surface area contributed by atoms with E-state index < -0.39 is 0 Å². The summed E-state index contributed by atoms with van der Waals surface area (Å²) in [4.78, 5) is 17.5. The molecule has 0 atom stereocenters. The molecule has 0 bridgehead atoms. The Labute approximate surface area is 145 Å². The summed E-state index contributed by atoms with van der Waals surface area (Å²) in [6.45, 7) is 2.04. The minimum Gasteiger partial charge on any atom is -0.292 e. The fraction of sp³-hybridized carbons (Fsp3) is 0.0476. The zero-order valence-electron chi connectivity index (χ0n) is 13.8. The van der Waals surface area contributed by atoms with Crippen LogP contribution in [0, 0.1) is 6.92 Å². The lowest BCUT2D eigenvalue weighted by Gasteiger charge is -2.12. The SMILES string of the molecule is Cc1ccc(Nn2c(C(=O)c3ccccc3)nc3ccccc32)cc1. The van der Waals surface area contributed by atoms with Crippen molar-refractivity contribution in [2.24, 2.45) is 0 Å². The average molecular weight is 327 g/mol. The molecule has 0 unspecified atom stereocenters. The highest BCUT2D eigenvalue weighted by molar-refractivity contribution is 6.08. The molecule has 0 aliphatic rings. The normalized spacial score (nSPS) is 10.8. The van der Waals surface area contributed by atoms with Crippen LogP contribution in [0.5, 0.6) is 0 Å². The van der Waals surface area contributed by atoms with Crippen LogP contribution >= 0.6 is 0 Å². The largest absolute Gasteiger partial charge is 0.292 e. The van der Waals surface area contributed by atoms with Gasteiger partial charge in [0.05, 0.1) is 16.7 Å². The highest BCUT2D eigenvalue weighted by Crippen LogP contribution is 2.20. The van der Waals surface area contributed by atoms with Crippen molar-refractivity contribution in [1.29, 1.82) is 0 Å². The molecule has 1 aromatic heterocycles. The summed E-state index contributed by atoms with van der Waals surface area (Å²) in [5, 5.41) is 0. The van der Waals surface area contributed by atoms with Crippen molar-refractivity contribution < 1.29 is 4.79 Å². The van der Waals surface area contributed by atoms with Crippen LogP contribution in [0.2, 0.25) is 0 Å².